The number of alkyl halides is 3. The molecule has 0 aliphatic heterocycles. The van der Waals surface area contributed by atoms with E-state index in [1.807, 2.05) is 6.07 Å². The zero-order valence-electron chi connectivity index (χ0n) is 10.6. The third-order valence-corrected chi connectivity index (χ3v) is 3.13. The Balaban J connectivity index is 2.15. The molecule has 0 aliphatic carbocycles. The standard InChI is InChI=1S/C15H8F3N3/c16-15(17,18)12-3-1-2-11(7-12)13-9-20-14-6-10(8-19)4-5-21(13)14/h1-7,9H. The van der Waals surface area contributed by atoms with E-state index in [2.05, 4.69) is 4.98 Å². The molecular formula is C15H8F3N3. The average Bonchev–Trinajstić information content (AvgIpc) is 2.89. The Morgan fingerprint density at radius 2 is 1.95 bits per heavy atom. The topological polar surface area (TPSA) is 41.1 Å². The maximum Gasteiger partial charge on any atom is 0.416 e. The van der Waals surface area contributed by atoms with Gasteiger partial charge in [-0.15, -0.1) is 0 Å². The predicted molar refractivity (Wildman–Crippen MR) is 70.3 cm³/mol. The molecule has 0 radical (unpaired) electrons. The van der Waals surface area contributed by atoms with Gasteiger partial charge in [-0.3, -0.25) is 4.40 Å². The molecule has 3 rings (SSSR count). The van der Waals surface area contributed by atoms with Gasteiger partial charge in [0.2, 0.25) is 0 Å². The summed E-state index contributed by atoms with van der Waals surface area (Å²) in [6, 6.07) is 10.2. The number of aromatic nitrogens is 2. The molecule has 0 atom stereocenters. The summed E-state index contributed by atoms with van der Waals surface area (Å²) in [7, 11) is 0. The second-order valence-electron chi connectivity index (χ2n) is 4.48. The maximum atomic E-state index is 12.8. The van der Waals surface area contributed by atoms with Gasteiger partial charge in [-0.2, -0.15) is 18.4 Å². The van der Waals surface area contributed by atoms with E-state index in [1.54, 1.807) is 28.8 Å². The molecule has 0 unspecified atom stereocenters. The molecule has 0 saturated carbocycles. The summed E-state index contributed by atoms with van der Waals surface area (Å²) in [4.78, 5) is 4.13. The molecule has 0 fully saturated rings. The Bertz CT molecular complexity index is 856. The first-order valence-electron chi connectivity index (χ1n) is 6.04. The smallest absolute Gasteiger partial charge is 0.300 e. The Morgan fingerprint density at radius 3 is 2.67 bits per heavy atom. The first kappa shape index (κ1) is 13.2. The van der Waals surface area contributed by atoms with Gasteiger partial charge in [0.05, 0.1) is 29.1 Å². The molecule has 6 heteroatoms. The van der Waals surface area contributed by atoms with Crippen molar-refractivity contribution in [3.05, 3.63) is 59.9 Å². The summed E-state index contributed by atoms with van der Waals surface area (Å²) in [5, 5.41) is 8.83. The van der Waals surface area contributed by atoms with E-state index in [1.165, 1.54) is 12.3 Å². The van der Waals surface area contributed by atoms with Crippen LogP contribution in [0, 0.1) is 11.3 Å². The number of imidazole rings is 1. The molecule has 0 aliphatic rings. The van der Waals surface area contributed by atoms with Gasteiger partial charge in [-0.1, -0.05) is 12.1 Å². The van der Waals surface area contributed by atoms with Crippen LogP contribution in [0.15, 0.2) is 48.8 Å². The van der Waals surface area contributed by atoms with Gasteiger partial charge in [0, 0.05) is 11.8 Å². The number of nitriles is 1. The minimum atomic E-state index is -4.38. The molecule has 0 N–H and O–H groups in total. The second kappa shape index (κ2) is 4.63. The molecule has 0 amide bonds. The lowest BCUT2D eigenvalue weighted by Crippen LogP contribution is -2.04. The number of hydrogen-bond donors (Lipinski definition) is 0. The van der Waals surface area contributed by atoms with Gasteiger partial charge >= 0.3 is 6.18 Å². The number of pyridine rings is 1. The number of rotatable bonds is 1. The van der Waals surface area contributed by atoms with Crippen molar-refractivity contribution in [1.82, 2.24) is 9.38 Å². The quantitative estimate of drug-likeness (QED) is 0.681. The molecule has 0 bridgehead atoms. The SMILES string of the molecule is N#Cc1ccn2c(-c3cccc(C(F)(F)F)c3)cnc2c1. The van der Waals surface area contributed by atoms with E-state index in [4.69, 9.17) is 5.26 Å². The van der Waals surface area contributed by atoms with Crippen LogP contribution in [0.3, 0.4) is 0 Å². The van der Waals surface area contributed by atoms with Crippen molar-refractivity contribution in [3.63, 3.8) is 0 Å². The summed E-state index contributed by atoms with van der Waals surface area (Å²) in [6.07, 6.45) is -1.27. The second-order valence-corrected chi connectivity index (χ2v) is 4.48. The highest BCUT2D eigenvalue weighted by Crippen LogP contribution is 2.32. The van der Waals surface area contributed by atoms with Crippen LogP contribution in [0.2, 0.25) is 0 Å². The fraction of sp³-hybridized carbons (Fsp3) is 0.0667. The van der Waals surface area contributed by atoms with Crippen molar-refractivity contribution in [3.8, 4) is 17.3 Å². The normalized spacial score (nSPS) is 11.5. The molecule has 21 heavy (non-hydrogen) atoms. The van der Waals surface area contributed by atoms with Gasteiger partial charge in [-0.05, 0) is 24.3 Å². The highest BCUT2D eigenvalue weighted by molar-refractivity contribution is 5.65. The molecule has 0 spiro atoms. The lowest BCUT2D eigenvalue weighted by atomic mass is 10.1. The highest BCUT2D eigenvalue weighted by atomic mass is 19.4. The zero-order chi connectivity index (χ0) is 15.0. The minimum Gasteiger partial charge on any atom is -0.300 e. The van der Waals surface area contributed by atoms with Crippen molar-refractivity contribution in [2.75, 3.05) is 0 Å². The van der Waals surface area contributed by atoms with Crippen LogP contribution in [-0.4, -0.2) is 9.38 Å². The fourth-order valence-corrected chi connectivity index (χ4v) is 2.12. The van der Waals surface area contributed by atoms with Crippen LogP contribution in [0.1, 0.15) is 11.1 Å². The van der Waals surface area contributed by atoms with Crippen molar-refractivity contribution >= 4 is 5.65 Å². The lowest BCUT2D eigenvalue weighted by molar-refractivity contribution is -0.137. The molecule has 1 aromatic carbocycles. The molecule has 2 aromatic heterocycles. The summed E-state index contributed by atoms with van der Waals surface area (Å²) in [5.74, 6) is 0. The maximum absolute atomic E-state index is 12.8. The van der Waals surface area contributed by atoms with Crippen LogP contribution in [-0.2, 0) is 6.18 Å². The zero-order valence-corrected chi connectivity index (χ0v) is 10.6. The Hall–Kier alpha value is -2.81. The summed E-state index contributed by atoms with van der Waals surface area (Å²) in [6.45, 7) is 0. The molecule has 2 heterocycles. The predicted octanol–water partition coefficient (Wildman–Crippen LogP) is 3.89. The lowest BCUT2D eigenvalue weighted by Gasteiger charge is -2.08. The molecular weight excluding hydrogens is 279 g/mol. The highest BCUT2D eigenvalue weighted by Gasteiger charge is 2.30. The van der Waals surface area contributed by atoms with Crippen LogP contribution >= 0.6 is 0 Å². The van der Waals surface area contributed by atoms with Gasteiger partial charge in [0.1, 0.15) is 5.65 Å². The summed E-state index contributed by atoms with van der Waals surface area (Å²) < 4.78 is 39.9. The molecule has 0 saturated heterocycles. The first-order valence-corrected chi connectivity index (χ1v) is 6.04. The Kier molecular flexibility index (Phi) is 2.91. The fourth-order valence-electron chi connectivity index (χ4n) is 2.12. The first-order chi connectivity index (χ1) is 9.99. The van der Waals surface area contributed by atoms with Crippen LogP contribution in [0.4, 0.5) is 13.2 Å². The van der Waals surface area contributed by atoms with E-state index in [0.29, 0.717) is 22.5 Å². The van der Waals surface area contributed by atoms with E-state index >= 15 is 0 Å². The van der Waals surface area contributed by atoms with Crippen LogP contribution in [0.5, 0.6) is 0 Å². The molecule has 104 valence electrons. The number of nitrogens with zero attached hydrogens (tertiary/aromatic N) is 3. The molecule has 3 nitrogen and oxygen atoms in total. The van der Waals surface area contributed by atoms with E-state index in [9.17, 15) is 13.2 Å². The average molecular weight is 287 g/mol. The third-order valence-electron chi connectivity index (χ3n) is 3.13. The van der Waals surface area contributed by atoms with Crippen LogP contribution in [0.25, 0.3) is 16.9 Å². The number of hydrogen-bond acceptors (Lipinski definition) is 2. The number of benzene rings is 1. The minimum absolute atomic E-state index is 0.419. The van der Waals surface area contributed by atoms with Crippen molar-refractivity contribution in [2.45, 2.75) is 6.18 Å². The number of fused-ring (bicyclic) bond motifs is 1. The summed E-state index contributed by atoms with van der Waals surface area (Å²) >= 11 is 0. The Morgan fingerprint density at radius 1 is 1.14 bits per heavy atom. The molecule has 3 aromatic rings. The van der Waals surface area contributed by atoms with E-state index in [-0.39, 0.29) is 0 Å². The van der Waals surface area contributed by atoms with E-state index in [0.717, 1.165) is 12.1 Å². The van der Waals surface area contributed by atoms with Crippen LogP contribution < -0.4 is 0 Å². The third kappa shape index (κ3) is 2.34. The Labute approximate surface area is 117 Å². The van der Waals surface area contributed by atoms with Crippen molar-refractivity contribution in [1.29, 1.82) is 5.26 Å². The monoisotopic (exact) mass is 287 g/mol. The van der Waals surface area contributed by atoms with Crippen molar-refractivity contribution in [2.24, 2.45) is 0 Å². The van der Waals surface area contributed by atoms with Gasteiger partial charge in [0.15, 0.2) is 0 Å². The van der Waals surface area contributed by atoms with Gasteiger partial charge in [-0.25, -0.2) is 4.98 Å². The van der Waals surface area contributed by atoms with Gasteiger partial charge < -0.3 is 0 Å². The van der Waals surface area contributed by atoms with Crippen molar-refractivity contribution < 1.29 is 13.2 Å². The number of halogens is 3. The van der Waals surface area contributed by atoms with E-state index < -0.39 is 11.7 Å². The largest absolute Gasteiger partial charge is 0.416 e. The van der Waals surface area contributed by atoms with Gasteiger partial charge in [0.25, 0.3) is 0 Å². The summed E-state index contributed by atoms with van der Waals surface area (Å²) in [5.41, 5.74) is 1.22.